The molecule has 0 aliphatic carbocycles. The van der Waals surface area contributed by atoms with Gasteiger partial charge >= 0.3 is 0 Å². The molecule has 4 nitrogen and oxygen atoms in total. The molecule has 0 spiro atoms. The second-order valence-electron chi connectivity index (χ2n) is 8.93. The summed E-state index contributed by atoms with van der Waals surface area (Å²) in [7, 11) is 1.64. The zero-order valence-corrected chi connectivity index (χ0v) is 17.8. The Kier molecular flexibility index (Phi) is 4.95. The molecule has 2 fully saturated rings. The van der Waals surface area contributed by atoms with Gasteiger partial charge in [0.25, 0.3) is 0 Å². The summed E-state index contributed by atoms with van der Waals surface area (Å²) in [4.78, 5) is 20.2. The maximum absolute atomic E-state index is 12.4. The van der Waals surface area contributed by atoms with Crippen LogP contribution in [-0.4, -0.2) is 42.6 Å². The van der Waals surface area contributed by atoms with Crippen LogP contribution in [0.4, 0.5) is 5.69 Å². The number of benzene rings is 1. The number of ether oxygens (including phenoxy) is 1. The molecule has 4 rings (SSSR count). The van der Waals surface area contributed by atoms with Crippen LogP contribution in [0.2, 0.25) is 0 Å². The number of aliphatic imine (C=N–C) groups is 1. The lowest BCUT2D eigenvalue weighted by Gasteiger charge is -2.51. The number of nitrogens with zero attached hydrogens (tertiary/aromatic N) is 2. The van der Waals surface area contributed by atoms with Crippen molar-refractivity contribution in [3.63, 3.8) is 0 Å². The highest BCUT2D eigenvalue weighted by molar-refractivity contribution is 6.06. The second kappa shape index (κ2) is 7.14. The van der Waals surface area contributed by atoms with Gasteiger partial charge in [0.2, 0.25) is 0 Å². The van der Waals surface area contributed by atoms with Crippen LogP contribution >= 0.6 is 0 Å². The Morgan fingerprint density at radius 3 is 2.89 bits per heavy atom. The predicted molar refractivity (Wildman–Crippen MR) is 113 cm³/mol. The molecule has 0 radical (unpaired) electrons. The van der Waals surface area contributed by atoms with Crippen molar-refractivity contribution in [2.45, 2.75) is 58.4 Å². The quantitative estimate of drug-likeness (QED) is 0.567. The molecule has 1 aromatic rings. The molecular formula is C24H32N2O2. The highest BCUT2D eigenvalue weighted by atomic mass is 16.5. The maximum Gasteiger partial charge on any atom is 0.159 e. The largest absolute Gasteiger partial charge is 0.504 e. The van der Waals surface area contributed by atoms with Crippen molar-refractivity contribution in [1.82, 2.24) is 4.90 Å². The number of fused-ring (bicyclic) bond motifs is 5. The van der Waals surface area contributed by atoms with Gasteiger partial charge in [-0.15, -0.1) is 0 Å². The SMILES string of the molecule is CC[C@@H]1CN2CC[C@@]3(C)C(=Nc4cccc(C)c43)[C@@H]2C[C@@H]1/C(=C\OC)C(C)=O. The van der Waals surface area contributed by atoms with Gasteiger partial charge in [0.15, 0.2) is 5.78 Å². The van der Waals surface area contributed by atoms with Crippen molar-refractivity contribution in [3.8, 4) is 0 Å². The molecule has 0 saturated carbocycles. The van der Waals surface area contributed by atoms with E-state index in [0.717, 1.165) is 43.6 Å². The average molecular weight is 381 g/mol. The highest BCUT2D eigenvalue weighted by Gasteiger charge is 2.51. The number of allylic oxidation sites excluding steroid dienone is 1. The van der Waals surface area contributed by atoms with Gasteiger partial charge in [-0.2, -0.15) is 0 Å². The summed E-state index contributed by atoms with van der Waals surface area (Å²) in [5, 5.41) is 0. The van der Waals surface area contributed by atoms with E-state index in [2.05, 4.69) is 43.9 Å². The van der Waals surface area contributed by atoms with Crippen LogP contribution in [0.5, 0.6) is 0 Å². The maximum atomic E-state index is 12.4. The van der Waals surface area contributed by atoms with E-state index < -0.39 is 0 Å². The molecule has 0 bridgehead atoms. The fraction of sp³-hybridized carbons (Fsp3) is 0.583. The minimum Gasteiger partial charge on any atom is -0.504 e. The van der Waals surface area contributed by atoms with E-state index in [-0.39, 0.29) is 17.1 Å². The average Bonchev–Trinajstić information content (AvgIpc) is 2.99. The molecule has 0 aromatic heterocycles. The lowest BCUT2D eigenvalue weighted by molar-refractivity contribution is -0.114. The number of carbonyl (C=O) groups excluding carboxylic acids is 1. The van der Waals surface area contributed by atoms with Crippen molar-refractivity contribution in [3.05, 3.63) is 41.2 Å². The molecule has 28 heavy (non-hydrogen) atoms. The first-order valence-electron chi connectivity index (χ1n) is 10.6. The molecule has 3 aliphatic rings. The van der Waals surface area contributed by atoms with Gasteiger partial charge in [0.1, 0.15) is 0 Å². The topological polar surface area (TPSA) is 41.9 Å². The normalized spacial score (nSPS) is 32.2. The third-order valence-electron chi connectivity index (χ3n) is 7.35. The van der Waals surface area contributed by atoms with Gasteiger partial charge in [-0.1, -0.05) is 32.4 Å². The highest BCUT2D eigenvalue weighted by Crippen LogP contribution is 2.50. The van der Waals surface area contributed by atoms with Crippen LogP contribution in [0.15, 0.2) is 35.0 Å². The number of rotatable bonds is 4. The van der Waals surface area contributed by atoms with Gasteiger partial charge in [-0.25, -0.2) is 0 Å². The van der Waals surface area contributed by atoms with E-state index in [4.69, 9.17) is 9.73 Å². The van der Waals surface area contributed by atoms with Crippen molar-refractivity contribution < 1.29 is 9.53 Å². The van der Waals surface area contributed by atoms with Crippen molar-refractivity contribution >= 4 is 17.2 Å². The smallest absolute Gasteiger partial charge is 0.159 e. The molecule has 2 saturated heterocycles. The number of aryl methyl sites for hydroxylation is 1. The summed E-state index contributed by atoms with van der Waals surface area (Å²) in [6.45, 7) is 10.6. The van der Waals surface area contributed by atoms with E-state index in [0.29, 0.717) is 12.0 Å². The fourth-order valence-electron chi connectivity index (χ4n) is 5.93. The first kappa shape index (κ1) is 19.4. The van der Waals surface area contributed by atoms with Gasteiger partial charge < -0.3 is 4.74 Å². The van der Waals surface area contributed by atoms with Gasteiger partial charge in [0, 0.05) is 35.8 Å². The molecule has 3 aliphatic heterocycles. The van der Waals surface area contributed by atoms with E-state index >= 15 is 0 Å². The lowest BCUT2D eigenvalue weighted by atomic mass is 9.65. The lowest BCUT2D eigenvalue weighted by Crippen LogP contribution is -2.60. The third kappa shape index (κ3) is 2.85. The summed E-state index contributed by atoms with van der Waals surface area (Å²) in [6, 6.07) is 6.78. The summed E-state index contributed by atoms with van der Waals surface area (Å²) >= 11 is 0. The number of ketones is 1. The number of hydrogen-bond donors (Lipinski definition) is 0. The van der Waals surface area contributed by atoms with Crippen LogP contribution < -0.4 is 0 Å². The van der Waals surface area contributed by atoms with Crippen LogP contribution in [0.3, 0.4) is 0 Å². The molecule has 1 aromatic carbocycles. The standard InChI is InChI=1S/C24H32N2O2/c1-6-17-13-26-11-10-24(4)22-15(2)8-7-9-20(22)25-23(24)21(26)12-18(17)19(14-28-5)16(3)27/h7-9,14,17-18,21H,6,10-13H2,1-5H3/b19-14-/t17-,18+,21+,24-/m1/s1. The van der Waals surface area contributed by atoms with Crippen LogP contribution in [0, 0.1) is 18.8 Å². The monoisotopic (exact) mass is 380 g/mol. The third-order valence-corrected chi connectivity index (χ3v) is 7.35. The summed E-state index contributed by atoms with van der Waals surface area (Å²) in [5.41, 5.74) is 6.07. The van der Waals surface area contributed by atoms with Gasteiger partial charge in [0.05, 0.1) is 19.1 Å². The van der Waals surface area contributed by atoms with Crippen molar-refractivity contribution in [1.29, 1.82) is 0 Å². The number of Topliss-reactive ketones (excluding diaryl/α,β-unsaturated/α-hetero) is 1. The summed E-state index contributed by atoms with van der Waals surface area (Å²) in [5.74, 6) is 0.848. The summed E-state index contributed by atoms with van der Waals surface area (Å²) in [6.07, 6.45) is 4.83. The first-order chi connectivity index (χ1) is 13.4. The molecule has 4 atom stereocenters. The predicted octanol–water partition coefficient (Wildman–Crippen LogP) is 4.58. The molecule has 0 N–H and O–H groups in total. The van der Waals surface area contributed by atoms with Crippen molar-refractivity contribution in [2.24, 2.45) is 16.8 Å². The van der Waals surface area contributed by atoms with Crippen molar-refractivity contribution in [2.75, 3.05) is 20.2 Å². The Hall–Kier alpha value is -1.94. The first-order valence-corrected chi connectivity index (χ1v) is 10.6. The Morgan fingerprint density at radius 1 is 1.43 bits per heavy atom. The molecule has 4 heteroatoms. The Labute approximate surface area is 168 Å². The van der Waals surface area contributed by atoms with E-state index in [1.54, 1.807) is 20.3 Å². The molecule has 0 amide bonds. The zero-order chi connectivity index (χ0) is 20.1. The summed E-state index contributed by atoms with van der Waals surface area (Å²) < 4.78 is 5.29. The Balaban J connectivity index is 1.73. The van der Waals surface area contributed by atoms with Crippen LogP contribution in [0.1, 0.15) is 51.2 Å². The van der Waals surface area contributed by atoms with Gasteiger partial charge in [-0.05, 0) is 55.7 Å². The van der Waals surface area contributed by atoms with Crippen LogP contribution in [0.25, 0.3) is 0 Å². The number of hydrogen-bond acceptors (Lipinski definition) is 4. The Bertz CT molecular complexity index is 856. The minimum atomic E-state index is 0.0206. The fourth-order valence-corrected chi connectivity index (χ4v) is 5.93. The molecule has 3 heterocycles. The van der Waals surface area contributed by atoms with E-state index in [1.165, 1.54) is 16.8 Å². The molecule has 0 unspecified atom stereocenters. The minimum absolute atomic E-state index is 0.0206. The molecule has 150 valence electrons. The number of methoxy groups -OCH3 is 1. The zero-order valence-electron chi connectivity index (χ0n) is 17.8. The Morgan fingerprint density at radius 2 is 2.21 bits per heavy atom. The van der Waals surface area contributed by atoms with Gasteiger partial charge in [-0.3, -0.25) is 14.7 Å². The number of carbonyl (C=O) groups is 1. The van der Waals surface area contributed by atoms with E-state index in [1.807, 2.05) is 0 Å². The van der Waals surface area contributed by atoms with Crippen LogP contribution in [-0.2, 0) is 14.9 Å². The second-order valence-corrected chi connectivity index (χ2v) is 8.93. The number of piperidine rings is 2. The molecular weight excluding hydrogens is 348 g/mol. The van der Waals surface area contributed by atoms with E-state index in [9.17, 15) is 4.79 Å².